The maximum Gasteiger partial charge on any atom is 1.00 e. The molecule has 5 heterocycles. The molecule has 0 aromatic rings. The molecule has 17 atom stereocenters. The second-order valence-corrected chi connectivity index (χ2v) is 16.3. The number of aliphatic carboxylic acids is 1. The molecule has 0 aromatic heterocycles. The third-order valence-electron chi connectivity index (χ3n) is 13.0. The number of carboxylic acid groups (broad SMARTS) is 1. The first-order valence-corrected chi connectivity index (χ1v) is 18.1. The van der Waals surface area contributed by atoms with E-state index in [1.807, 2.05) is 20.8 Å². The molecule has 5 fully saturated rings. The first-order chi connectivity index (χ1) is 22.0. The van der Waals surface area contributed by atoms with Crippen LogP contribution in [0, 0.1) is 35.5 Å². The summed E-state index contributed by atoms with van der Waals surface area (Å²) in [5, 5.41) is 43.9. The summed E-state index contributed by atoms with van der Waals surface area (Å²) in [5.74, 6) is -4.97. The number of hydrogen-bond acceptors (Lipinski definition) is 11. The number of carbonyl (C=O) groups is 1. The Morgan fingerprint density at radius 1 is 1.04 bits per heavy atom. The van der Waals surface area contributed by atoms with E-state index in [0.29, 0.717) is 19.3 Å². The van der Waals surface area contributed by atoms with Crippen LogP contribution in [0.1, 0.15) is 107 Å². The Morgan fingerprint density at radius 3 is 2.31 bits per heavy atom. The van der Waals surface area contributed by atoms with Gasteiger partial charge < -0.3 is 59.1 Å². The number of ether oxygens (including phenoxy) is 6. The Hall–Kier alpha value is 0.0700. The van der Waals surface area contributed by atoms with Crippen molar-refractivity contribution in [3.05, 3.63) is 0 Å². The quantitative estimate of drug-likeness (QED) is 0.239. The van der Waals surface area contributed by atoms with Crippen LogP contribution in [0.3, 0.4) is 0 Å². The molecule has 2 unspecified atom stereocenters. The molecule has 12 nitrogen and oxygen atoms in total. The van der Waals surface area contributed by atoms with Crippen molar-refractivity contribution in [2.45, 2.75) is 172 Å². The van der Waals surface area contributed by atoms with Crippen molar-refractivity contribution >= 4 is 5.97 Å². The number of methoxy groups -OCH3 is 1. The zero-order chi connectivity index (χ0) is 34.7. The Balaban J connectivity index is 0.00000325. The summed E-state index contributed by atoms with van der Waals surface area (Å²) in [6, 6.07) is 0. The van der Waals surface area contributed by atoms with Crippen LogP contribution in [0.4, 0.5) is 0 Å². The first-order valence-electron chi connectivity index (χ1n) is 18.1. The standard InChI is InChI=1S/C36H62O11.Na.H2O/c1-10-34(31-20(3)16-26(43-31)28-19(2)15-21(4)36(41,18-37)46-28)12-11-27(44-34)33(8)13-14-35(47-33)17-25(38)22(5)30(45-35)23(6)29(42-9)24(7)32(39)40;;/h19-31,37-38,41H,10-18H2,1-9H3,(H,39,40);;1H2/q;+1;/p-1/t19-,20-,21+,22+,23-,24?,25?,26+,27+,28-,29+,30-,31-,33-,34-,35+,36-;;/m0../s1. The molecule has 5 saturated heterocycles. The van der Waals surface area contributed by atoms with E-state index in [1.54, 1.807) is 6.92 Å². The zero-order valence-electron chi connectivity index (χ0n) is 31.5. The monoisotopic (exact) mass is 710 g/mol. The molecule has 49 heavy (non-hydrogen) atoms. The minimum atomic E-state index is -1.57. The molecule has 0 bridgehead atoms. The second kappa shape index (κ2) is 16.2. The molecule has 0 aliphatic carbocycles. The van der Waals surface area contributed by atoms with E-state index in [2.05, 4.69) is 27.7 Å². The van der Waals surface area contributed by atoms with E-state index in [4.69, 9.17) is 28.4 Å². The van der Waals surface area contributed by atoms with Gasteiger partial charge in [0, 0.05) is 49.6 Å². The van der Waals surface area contributed by atoms with E-state index in [9.17, 15) is 25.2 Å². The smallest absolute Gasteiger partial charge is 0.550 e. The molecular formula is C36H63NaO12. The van der Waals surface area contributed by atoms with Crippen LogP contribution >= 0.6 is 0 Å². The van der Waals surface area contributed by atoms with Crippen molar-refractivity contribution in [3.63, 3.8) is 0 Å². The van der Waals surface area contributed by atoms with Crippen molar-refractivity contribution < 1.29 is 88.7 Å². The Bertz CT molecular complexity index is 1120. The maximum atomic E-state index is 11.7. The normalized spacial score (nSPS) is 48.8. The van der Waals surface area contributed by atoms with Crippen LogP contribution in [-0.2, 0) is 33.2 Å². The van der Waals surface area contributed by atoms with Gasteiger partial charge in [0.25, 0.3) is 0 Å². The minimum Gasteiger partial charge on any atom is -0.550 e. The van der Waals surface area contributed by atoms with E-state index in [0.717, 1.165) is 32.1 Å². The van der Waals surface area contributed by atoms with Crippen molar-refractivity contribution in [2.75, 3.05) is 13.7 Å². The first kappa shape index (κ1) is 43.5. The summed E-state index contributed by atoms with van der Waals surface area (Å²) >= 11 is 0. The molecule has 5 rings (SSSR count). The second-order valence-electron chi connectivity index (χ2n) is 16.3. The summed E-state index contributed by atoms with van der Waals surface area (Å²) in [7, 11) is 1.50. The van der Waals surface area contributed by atoms with Gasteiger partial charge in [-0.15, -0.1) is 0 Å². The van der Waals surface area contributed by atoms with Crippen LogP contribution in [0.2, 0.25) is 0 Å². The van der Waals surface area contributed by atoms with Gasteiger partial charge in [0.1, 0.15) is 0 Å². The third kappa shape index (κ3) is 7.98. The van der Waals surface area contributed by atoms with Crippen molar-refractivity contribution in [2.24, 2.45) is 35.5 Å². The third-order valence-corrected chi connectivity index (χ3v) is 13.0. The molecule has 13 heteroatoms. The zero-order valence-corrected chi connectivity index (χ0v) is 33.5. The van der Waals surface area contributed by atoms with Gasteiger partial charge in [-0.05, 0) is 57.3 Å². The van der Waals surface area contributed by atoms with Crippen molar-refractivity contribution in [3.8, 4) is 0 Å². The number of carbonyl (C=O) groups excluding carboxylic acids is 1. The van der Waals surface area contributed by atoms with Crippen LogP contribution in [-0.4, -0.2) is 106 Å². The summed E-state index contributed by atoms with van der Waals surface area (Å²) in [6.07, 6.45) is 2.81. The fraction of sp³-hybridized carbons (Fsp3) is 0.972. The summed E-state index contributed by atoms with van der Waals surface area (Å²) < 4.78 is 39.3. The van der Waals surface area contributed by atoms with E-state index in [1.165, 1.54) is 7.11 Å². The van der Waals surface area contributed by atoms with Crippen LogP contribution in [0.5, 0.6) is 0 Å². The van der Waals surface area contributed by atoms with Crippen LogP contribution in [0.15, 0.2) is 0 Å². The topological polar surface area (TPSA) is 188 Å². The van der Waals surface area contributed by atoms with Crippen molar-refractivity contribution in [1.82, 2.24) is 0 Å². The minimum absolute atomic E-state index is 0. The number of carboxylic acids is 1. The molecule has 0 aromatic carbocycles. The van der Waals surface area contributed by atoms with Crippen molar-refractivity contribution in [1.29, 1.82) is 0 Å². The van der Waals surface area contributed by atoms with Gasteiger partial charge in [-0.3, -0.25) is 0 Å². The molecule has 280 valence electrons. The molecular weight excluding hydrogens is 647 g/mol. The van der Waals surface area contributed by atoms with E-state index >= 15 is 0 Å². The average molecular weight is 711 g/mol. The SMILES string of the molecule is CC[C@@]1([C@H]2O[C@@H]([C@H]3O[C@@](O)(CO)[C@H](C)C[C@@H]3C)C[C@@H]2C)CC[C@H]([C@]2(C)CC[C@]3(CC(O)[C@@H](C)[C@@H]([C@@H](C)[C@@H](OC)C(C)C(=O)[O-])O3)O2)O1.O.[Na+]. The van der Waals surface area contributed by atoms with E-state index < -0.39 is 59.6 Å². The van der Waals surface area contributed by atoms with Crippen LogP contribution < -0.4 is 34.7 Å². The largest absolute Gasteiger partial charge is 1.00 e. The predicted octanol–water partition coefficient (Wildman–Crippen LogP) is -0.882. The van der Waals surface area contributed by atoms with Gasteiger partial charge in [0.15, 0.2) is 11.6 Å². The number of hydrogen-bond donors (Lipinski definition) is 3. The van der Waals surface area contributed by atoms with Crippen LogP contribution in [0.25, 0.3) is 0 Å². The Morgan fingerprint density at radius 2 is 1.71 bits per heavy atom. The summed E-state index contributed by atoms with van der Waals surface area (Å²) in [4.78, 5) is 11.7. The molecule has 5 N–H and O–H groups in total. The molecule has 0 radical (unpaired) electrons. The Kier molecular flexibility index (Phi) is 14.4. The number of aliphatic hydroxyl groups excluding tert-OH is 2. The number of rotatable bonds is 10. The maximum absolute atomic E-state index is 11.7. The number of aliphatic hydroxyl groups is 3. The predicted molar refractivity (Wildman–Crippen MR) is 173 cm³/mol. The summed E-state index contributed by atoms with van der Waals surface area (Å²) in [5.41, 5.74) is -1.16. The Labute approximate surface area is 314 Å². The molecule has 0 amide bonds. The fourth-order valence-corrected chi connectivity index (χ4v) is 9.91. The molecule has 1 spiro atoms. The summed E-state index contributed by atoms with van der Waals surface area (Å²) in [6.45, 7) is 15.4. The van der Waals surface area contributed by atoms with Gasteiger partial charge in [0.2, 0.25) is 0 Å². The molecule has 5 aliphatic heterocycles. The average Bonchev–Trinajstić information content (AvgIpc) is 3.73. The van der Waals surface area contributed by atoms with Gasteiger partial charge >= 0.3 is 29.6 Å². The van der Waals surface area contributed by atoms with Gasteiger partial charge in [-0.25, -0.2) is 0 Å². The molecule has 0 saturated carbocycles. The fourth-order valence-electron chi connectivity index (χ4n) is 9.91. The van der Waals surface area contributed by atoms with Gasteiger partial charge in [-0.2, -0.15) is 0 Å². The van der Waals surface area contributed by atoms with E-state index in [-0.39, 0.29) is 89.0 Å². The van der Waals surface area contributed by atoms with Gasteiger partial charge in [-0.1, -0.05) is 48.5 Å². The molecule has 5 aliphatic rings. The van der Waals surface area contributed by atoms with Gasteiger partial charge in [0.05, 0.1) is 60.5 Å².